The van der Waals surface area contributed by atoms with Crippen molar-refractivity contribution in [3.05, 3.63) is 77.2 Å². The molecule has 0 saturated carbocycles. The average Bonchev–Trinajstić information content (AvgIpc) is 3.11. The summed E-state index contributed by atoms with van der Waals surface area (Å²) in [5, 5.41) is 10.1. The molecule has 2 amide bonds. The van der Waals surface area contributed by atoms with E-state index in [1.54, 1.807) is 4.68 Å². The summed E-state index contributed by atoms with van der Waals surface area (Å²) in [5.74, 6) is -0.743. The SMILES string of the molecule is Cc1ccccc1-n1nc(C(C)(C)C)cc1NC(=O)CNC(=O)c1ccc(F)cc1. The number of nitrogens with one attached hydrogen (secondary N) is 2. The van der Waals surface area contributed by atoms with Gasteiger partial charge < -0.3 is 10.6 Å². The lowest BCUT2D eigenvalue weighted by molar-refractivity contribution is -0.115. The number of anilines is 1. The molecular formula is C23H25FN4O2. The molecule has 156 valence electrons. The number of hydrogen-bond donors (Lipinski definition) is 2. The van der Waals surface area contributed by atoms with Gasteiger partial charge in [-0.15, -0.1) is 0 Å². The Hall–Kier alpha value is -3.48. The highest BCUT2D eigenvalue weighted by molar-refractivity contribution is 5.99. The minimum Gasteiger partial charge on any atom is -0.343 e. The molecule has 2 N–H and O–H groups in total. The third-order valence-corrected chi connectivity index (χ3v) is 4.60. The van der Waals surface area contributed by atoms with E-state index < -0.39 is 11.7 Å². The first-order valence-electron chi connectivity index (χ1n) is 9.65. The van der Waals surface area contributed by atoms with Crippen molar-refractivity contribution in [1.29, 1.82) is 0 Å². The fraction of sp³-hybridized carbons (Fsp3) is 0.261. The third-order valence-electron chi connectivity index (χ3n) is 4.60. The maximum Gasteiger partial charge on any atom is 0.251 e. The van der Waals surface area contributed by atoms with Crippen molar-refractivity contribution in [2.75, 3.05) is 11.9 Å². The Morgan fingerprint density at radius 2 is 1.73 bits per heavy atom. The van der Waals surface area contributed by atoms with Crippen molar-refractivity contribution in [2.45, 2.75) is 33.1 Å². The molecule has 0 fully saturated rings. The average molecular weight is 408 g/mol. The molecule has 0 bridgehead atoms. The van der Waals surface area contributed by atoms with Crippen molar-refractivity contribution >= 4 is 17.6 Å². The fourth-order valence-electron chi connectivity index (χ4n) is 2.87. The van der Waals surface area contributed by atoms with Gasteiger partial charge in [-0.2, -0.15) is 5.10 Å². The first-order chi connectivity index (χ1) is 14.1. The normalized spacial score (nSPS) is 11.2. The molecule has 7 heteroatoms. The predicted molar refractivity (Wildman–Crippen MR) is 114 cm³/mol. The fourth-order valence-corrected chi connectivity index (χ4v) is 2.87. The largest absolute Gasteiger partial charge is 0.343 e. The number of carbonyl (C=O) groups is 2. The predicted octanol–water partition coefficient (Wildman–Crippen LogP) is 3.99. The summed E-state index contributed by atoms with van der Waals surface area (Å²) in [6, 6.07) is 14.7. The quantitative estimate of drug-likeness (QED) is 0.670. The summed E-state index contributed by atoms with van der Waals surface area (Å²) < 4.78 is 14.7. The Labute approximate surface area is 175 Å². The molecule has 6 nitrogen and oxygen atoms in total. The van der Waals surface area contributed by atoms with E-state index in [1.165, 1.54) is 24.3 Å². The number of halogens is 1. The highest BCUT2D eigenvalue weighted by Crippen LogP contribution is 2.27. The maximum absolute atomic E-state index is 13.0. The first kappa shape index (κ1) is 21.2. The summed E-state index contributed by atoms with van der Waals surface area (Å²) in [4.78, 5) is 24.7. The van der Waals surface area contributed by atoms with Gasteiger partial charge in [0, 0.05) is 17.0 Å². The van der Waals surface area contributed by atoms with E-state index in [0.29, 0.717) is 5.82 Å². The van der Waals surface area contributed by atoms with Gasteiger partial charge in [0.1, 0.15) is 11.6 Å². The topological polar surface area (TPSA) is 76.0 Å². The Bertz CT molecular complexity index is 1070. The molecular weight excluding hydrogens is 383 g/mol. The van der Waals surface area contributed by atoms with Crippen LogP contribution in [0.4, 0.5) is 10.2 Å². The van der Waals surface area contributed by atoms with Crippen molar-refractivity contribution in [3.63, 3.8) is 0 Å². The Morgan fingerprint density at radius 1 is 1.07 bits per heavy atom. The summed E-state index contributed by atoms with van der Waals surface area (Å²) >= 11 is 0. The molecule has 1 heterocycles. The number of amides is 2. The van der Waals surface area contributed by atoms with Crippen molar-refractivity contribution < 1.29 is 14.0 Å². The Morgan fingerprint density at radius 3 is 2.37 bits per heavy atom. The smallest absolute Gasteiger partial charge is 0.251 e. The van der Waals surface area contributed by atoms with Crippen LogP contribution in [0.15, 0.2) is 54.6 Å². The number of para-hydroxylation sites is 1. The standard InChI is InChI=1S/C23H25FN4O2/c1-15-7-5-6-8-18(15)28-20(13-19(27-28)23(2,3)4)26-21(29)14-25-22(30)16-9-11-17(24)12-10-16/h5-13H,14H2,1-4H3,(H,25,30)(H,26,29). The van der Waals surface area contributed by atoms with E-state index in [0.717, 1.165) is 16.9 Å². The van der Waals surface area contributed by atoms with Gasteiger partial charge in [0.25, 0.3) is 5.91 Å². The lowest BCUT2D eigenvalue weighted by Gasteiger charge is -2.14. The monoisotopic (exact) mass is 408 g/mol. The number of rotatable bonds is 5. The number of hydrogen-bond acceptors (Lipinski definition) is 3. The lowest BCUT2D eigenvalue weighted by atomic mass is 9.92. The summed E-state index contributed by atoms with van der Waals surface area (Å²) in [5.41, 5.74) is 2.78. The zero-order chi connectivity index (χ0) is 21.9. The van der Waals surface area contributed by atoms with Crippen LogP contribution in [0.1, 0.15) is 42.4 Å². The van der Waals surface area contributed by atoms with Crippen LogP contribution in [0.5, 0.6) is 0 Å². The zero-order valence-corrected chi connectivity index (χ0v) is 17.5. The van der Waals surface area contributed by atoms with Crippen LogP contribution in [0.25, 0.3) is 5.69 Å². The third kappa shape index (κ3) is 4.92. The van der Waals surface area contributed by atoms with Gasteiger partial charge >= 0.3 is 0 Å². The van der Waals surface area contributed by atoms with E-state index in [9.17, 15) is 14.0 Å². The summed E-state index contributed by atoms with van der Waals surface area (Å²) in [6.45, 7) is 7.90. The molecule has 0 unspecified atom stereocenters. The first-order valence-corrected chi connectivity index (χ1v) is 9.65. The van der Waals surface area contributed by atoms with Gasteiger partial charge in [-0.3, -0.25) is 9.59 Å². The second-order valence-corrected chi connectivity index (χ2v) is 8.10. The highest BCUT2D eigenvalue weighted by Gasteiger charge is 2.22. The van der Waals surface area contributed by atoms with Crippen molar-refractivity contribution in [3.8, 4) is 5.69 Å². The lowest BCUT2D eigenvalue weighted by Crippen LogP contribution is -2.33. The van der Waals surface area contributed by atoms with E-state index in [-0.39, 0.29) is 23.4 Å². The van der Waals surface area contributed by atoms with Crippen LogP contribution in [0.3, 0.4) is 0 Å². The number of aromatic nitrogens is 2. The molecule has 30 heavy (non-hydrogen) atoms. The second-order valence-electron chi connectivity index (χ2n) is 8.10. The van der Waals surface area contributed by atoms with E-state index >= 15 is 0 Å². The number of aryl methyl sites for hydroxylation is 1. The molecule has 0 aliphatic carbocycles. The van der Waals surface area contributed by atoms with Gasteiger partial charge in [0.2, 0.25) is 5.91 Å². The molecule has 0 atom stereocenters. The van der Waals surface area contributed by atoms with Crippen LogP contribution in [-0.2, 0) is 10.2 Å². The van der Waals surface area contributed by atoms with Gasteiger partial charge in [-0.05, 0) is 42.8 Å². The van der Waals surface area contributed by atoms with Crippen LogP contribution in [0, 0.1) is 12.7 Å². The van der Waals surface area contributed by atoms with E-state index in [2.05, 4.69) is 10.6 Å². The minimum absolute atomic E-state index is 0.204. The van der Waals surface area contributed by atoms with Crippen LogP contribution in [-0.4, -0.2) is 28.1 Å². The number of carbonyl (C=O) groups excluding carboxylic acids is 2. The highest BCUT2D eigenvalue weighted by atomic mass is 19.1. The maximum atomic E-state index is 13.0. The van der Waals surface area contributed by atoms with E-state index in [1.807, 2.05) is 58.0 Å². The molecule has 1 aromatic heterocycles. The van der Waals surface area contributed by atoms with Crippen LogP contribution >= 0.6 is 0 Å². The Balaban J connectivity index is 1.77. The zero-order valence-electron chi connectivity index (χ0n) is 17.5. The van der Waals surface area contributed by atoms with Gasteiger partial charge in [0.15, 0.2) is 0 Å². The molecule has 0 spiro atoms. The summed E-state index contributed by atoms with van der Waals surface area (Å²) in [6.07, 6.45) is 0. The van der Waals surface area contributed by atoms with Gasteiger partial charge in [-0.25, -0.2) is 9.07 Å². The minimum atomic E-state index is -0.451. The molecule has 0 saturated heterocycles. The summed E-state index contributed by atoms with van der Waals surface area (Å²) in [7, 11) is 0. The molecule has 3 aromatic rings. The molecule has 0 radical (unpaired) electrons. The van der Waals surface area contributed by atoms with Gasteiger partial charge in [0.05, 0.1) is 17.9 Å². The molecule has 0 aliphatic rings. The van der Waals surface area contributed by atoms with Crippen LogP contribution < -0.4 is 10.6 Å². The van der Waals surface area contributed by atoms with Crippen LogP contribution in [0.2, 0.25) is 0 Å². The van der Waals surface area contributed by atoms with Gasteiger partial charge in [-0.1, -0.05) is 39.0 Å². The number of benzene rings is 2. The Kier molecular flexibility index (Phi) is 6.01. The molecule has 0 aliphatic heterocycles. The van der Waals surface area contributed by atoms with E-state index in [4.69, 9.17) is 5.10 Å². The molecule has 2 aromatic carbocycles. The second kappa shape index (κ2) is 8.49. The van der Waals surface area contributed by atoms with Crippen molar-refractivity contribution in [2.24, 2.45) is 0 Å². The van der Waals surface area contributed by atoms with Crippen molar-refractivity contribution in [1.82, 2.24) is 15.1 Å². The number of nitrogens with zero attached hydrogens (tertiary/aromatic N) is 2. The molecule has 3 rings (SSSR count).